The van der Waals surface area contributed by atoms with Gasteiger partial charge in [0.05, 0.1) is 6.42 Å². The molecule has 0 aromatic heterocycles. The fraction of sp³-hybridized carbons (Fsp3) is 0.571. The van der Waals surface area contributed by atoms with E-state index < -0.39 is 24.5 Å². The molecule has 2 nitrogen and oxygen atoms in total. The molecule has 1 aromatic rings. The van der Waals surface area contributed by atoms with Crippen molar-refractivity contribution in [1.82, 2.24) is 10.2 Å². The summed E-state index contributed by atoms with van der Waals surface area (Å²) in [6.45, 7) is 3.56. The van der Waals surface area contributed by atoms with E-state index in [9.17, 15) is 17.6 Å². The molecule has 22 heavy (non-hydrogen) atoms. The van der Waals surface area contributed by atoms with Gasteiger partial charge in [-0.3, -0.25) is 4.90 Å². The monoisotopic (exact) mass is 360 g/mol. The predicted octanol–water partition coefficient (Wildman–Crippen LogP) is 4.11. The van der Waals surface area contributed by atoms with Crippen molar-refractivity contribution in [2.45, 2.75) is 25.6 Å². The average molecular weight is 361 g/mol. The van der Waals surface area contributed by atoms with Gasteiger partial charge in [0.1, 0.15) is 5.82 Å². The van der Waals surface area contributed by atoms with Gasteiger partial charge in [0.25, 0.3) is 0 Å². The molecule has 0 unspecified atom stereocenters. The Labute approximate surface area is 138 Å². The second-order valence-electron chi connectivity index (χ2n) is 5.21. The standard InChI is InChI=1S/C14H17ClF4N2.ClH/c1-9-2-3-10(15)12(13(9)16)11(8-14(17,18)19)21-6-4-20-5-7-21;/h2-3,11,20H,4-8H2,1H3;1H/t11-;/m1./s1. The summed E-state index contributed by atoms with van der Waals surface area (Å²) < 4.78 is 53.1. The van der Waals surface area contributed by atoms with Crippen LogP contribution in [0, 0.1) is 12.7 Å². The predicted molar refractivity (Wildman–Crippen MR) is 81.3 cm³/mol. The molecule has 0 saturated carbocycles. The Morgan fingerprint density at radius 2 is 1.86 bits per heavy atom. The summed E-state index contributed by atoms with van der Waals surface area (Å²) in [5.74, 6) is -0.643. The Bertz CT molecular complexity index is 502. The van der Waals surface area contributed by atoms with Crippen LogP contribution < -0.4 is 5.32 Å². The molecule has 1 saturated heterocycles. The number of nitrogens with one attached hydrogen (secondary N) is 1. The summed E-state index contributed by atoms with van der Waals surface area (Å²) in [4.78, 5) is 1.65. The molecule has 2 rings (SSSR count). The number of rotatable bonds is 3. The Morgan fingerprint density at radius 3 is 2.41 bits per heavy atom. The maximum Gasteiger partial charge on any atom is 0.390 e. The molecule has 1 aromatic carbocycles. The number of hydrogen-bond acceptors (Lipinski definition) is 2. The molecular formula is C14H18Cl2F4N2. The maximum atomic E-state index is 14.3. The van der Waals surface area contributed by atoms with Crippen molar-refractivity contribution < 1.29 is 17.6 Å². The van der Waals surface area contributed by atoms with E-state index >= 15 is 0 Å². The molecule has 8 heteroatoms. The normalized spacial score (nSPS) is 17.9. The molecule has 1 aliphatic heterocycles. The van der Waals surface area contributed by atoms with Crippen molar-refractivity contribution in [3.8, 4) is 0 Å². The fourth-order valence-corrected chi connectivity index (χ4v) is 2.88. The van der Waals surface area contributed by atoms with E-state index in [-0.39, 0.29) is 23.0 Å². The first-order valence-electron chi connectivity index (χ1n) is 6.75. The van der Waals surface area contributed by atoms with Crippen LogP contribution in [0.5, 0.6) is 0 Å². The molecule has 1 heterocycles. The number of benzene rings is 1. The zero-order valence-electron chi connectivity index (χ0n) is 12.0. The highest BCUT2D eigenvalue weighted by Crippen LogP contribution is 2.39. The van der Waals surface area contributed by atoms with Crippen LogP contribution in [0.4, 0.5) is 17.6 Å². The van der Waals surface area contributed by atoms with E-state index in [1.807, 2.05) is 0 Å². The SMILES string of the molecule is Cc1ccc(Cl)c([C@@H](CC(F)(F)F)N2CCNCC2)c1F.Cl. The minimum absolute atomic E-state index is 0. The van der Waals surface area contributed by atoms with Gasteiger partial charge in [-0.2, -0.15) is 13.2 Å². The van der Waals surface area contributed by atoms with E-state index in [1.165, 1.54) is 19.1 Å². The van der Waals surface area contributed by atoms with E-state index in [0.717, 1.165) is 0 Å². The van der Waals surface area contributed by atoms with Gasteiger partial charge in [0, 0.05) is 42.8 Å². The van der Waals surface area contributed by atoms with E-state index in [2.05, 4.69) is 5.32 Å². The first-order chi connectivity index (χ1) is 9.79. The third kappa shape index (κ3) is 4.72. The number of piperazine rings is 1. The molecular weight excluding hydrogens is 343 g/mol. The van der Waals surface area contributed by atoms with Gasteiger partial charge in [0.15, 0.2) is 0 Å². The molecule has 1 atom stereocenters. The topological polar surface area (TPSA) is 15.3 Å². The van der Waals surface area contributed by atoms with Crippen LogP contribution in [0.25, 0.3) is 0 Å². The summed E-state index contributed by atoms with van der Waals surface area (Å²) in [5, 5.41) is 3.12. The first-order valence-corrected chi connectivity index (χ1v) is 7.13. The fourth-order valence-electron chi connectivity index (χ4n) is 2.61. The lowest BCUT2D eigenvalue weighted by atomic mass is 9.98. The Hall–Kier alpha value is -0.560. The highest BCUT2D eigenvalue weighted by molar-refractivity contribution is 6.31. The second kappa shape index (κ2) is 7.81. The average Bonchev–Trinajstić information content (AvgIpc) is 2.42. The van der Waals surface area contributed by atoms with Crippen molar-refractivity contribution in [2.24, 2.45) is 0 Å². The van der Waals surface area contributed by atoms with Gasteiger partial charge < -0.3 is 5.32 Å². The van der Waals surface area contributed by atoms with E-state index in [1.54, 1.807) is 4.90 Å². The first kappa shape index (κ1) is 19.5. The minimum atomic E-state index is -4.38. The van der Waals surface area contributed by atoms with Crippen molar-refractivity contribution in [1.29, 1.82) is 0 Å². The molecule has 1 N–H and O–H groups in total. The number of hydrogen-bond donors (Lipinski definition) is 1. The summed E-state index contributed by atoms with van der Waals surface area (Å²) in [5.41, 5.74) is 0.257. The second-order valence-corrected chi connectivity index (χ2v) is 5.62. The van der Waals surface area contributed by atoms with Crippen LogP contribution in [0.1, 0.15) is 23.6 Å². The molecule has 0 radical (unpaired) electrons. The molecule has 0 bridgehead atoms. The van der Waals surface area contributed by atoms with Gasteiger partial charge in [-0.05, 0) is 18.6 Å². The van der Waals surface area contributed by atoms with E-state index in [0.29, 0.717) is 31.7 Å². The van der Waals surface area contributed by atoms with Gasteiger partial charge in [-0.25, -0.2) is 4.39 Å². The lowest BCUT2D eigenvalue weighted by molar-refractivity contribution is -0.149. The van der Waals surface area contributed by atoms with Gasteiger partial charge in [0.2, 0.25) is 0 Å². The molecule has 1 fully saturated rings. The largest absolute Gasteiger partial charge is 0.390 e. The van der Waals surface area contributed by atoms with Crippen LogP contribution in [-0.2, 0) is 0 Å². The molecule has 0 amide bonds. The van der Waals surface area contributed by atoms with Crippen LogP contribution in [0.2, 0.25) is 5.02 Å². The number of aryl methyl sites for hydroxylation is 1. The highest BCUT2D eigenvalue weighted by Gasteiger charge is 2.38. The van der Waals surface area contributed by atoms with Crippen LogP contribution in [-0.4, -0.2) is 37.3 Å². The van der Waals surface area contributed by atoms with Crippen LogP contribution in [0.15, 0.2) is 12.1 Å². The van der Waals surface area contributed by atoms with Gasteiger partial charge >= 0.3 is 6.18 Å². The summed E-state index contributed by atoms with van der Waals surface area (Å²) >= 11 is 5.99. The Kier molecular flexibility index (Phi) is 6.92. The molecule has 1 aliphatic rings. The summed E-state index contributed by atoms with van der Waals surface area (Å²) in [6, 6.07) is 1.85. The molecule has 0 spiro atoms. The molecule has 0 aliphatic carbocycles. The maximum absolute atomic E-state index is 14.3. The lowest BCUT2D eigenvalue weighted by Crippen LogP contribution is -2.46. The van der Waals surface area contributed by atoms with Crippen molar-refractivity contribution in [3.63, 3.8) is 0 Å². The van der Waals surface area contributed by atoms with E-state index in [4.69, 9.17) is 11.6 Å². The quantitative estimate of drug-likeness (QED) is 0.816. The third-order valence-electron chi connectivity index (χ3n) is 3.67. The van der Waals surface area contributed by atoms with Crippen molar-refractivity contribution in [2.75, 3.05) is 26.2 Å². The van der Waals surface area contributed by atoms with Crippen molar-refractivity contribution >= 4 is 24.0 Å². The summed E-state index contributed by atoms with van der Waals surface area (Å²) in [6.07, 6.45) is -5.48. The Morgan fingerprint density at radius 1 is 1.27 bits per heavy atom. The lowest BCUT2D eigenvalue weighted by Gasteiger charge is -2.36. The zero-order chi connectivity index (χ0) is 15.6. The number of halogens is 6. The van der Waals surface area contributed by atoms with Crippen LogP contribution >= 0.6 is 24.0 Å². The number of nitrogens with zero attached hydrogens (tertiary/aromatic N) is 1. The smallest absolute Gasteiger partial charge is 0.314 e. The Balaban J connectivity index is 0.00000242. The number of alkyl halides is 3. The van der Waals surface area contributed by atoms with Gasteiger partial charge in [-0.1, -0.05) is 17.7 Å². The molecule has 126 valence electrons. The summed E-state index contributed by atoms with van der Waals surface area (Å²) in [7, 11) is 0. The van der Waals surface area contributed by atoms with Crippen molar-refractivity contribution in [3.05, 3.63) is 34.1 Å². The van der Waals surface area contributed by atoms with Crippen LogP contribution in [0.3, 0.4) is 0 Å². The van der Waals surface area contributed by atoms with Gasteiger partial charge in [-0.15, -0.1) is 12.4 Å². The highest BCUT2D eigenvalue weighted by atomic mass is 35.5. The third-order valence-corrected chi connectivity index (χ3v) is 4.00. The minimum Gasteiger partial charge on any atom is -0.314 e. The zero-order valence-corrected chi connectivity index (χ0v) is 13.6.